The van der Waals surface area contributed by atoms with Crippen molar-refractivity contribution in [2.45, 2.75) is 78.1 Å². The van der Waals surface area contributed by atoms with Crippen LogP contribution in [0.3, 0.4) is 0 Å². The van der Waals surface area contributed by atoms with Crippen molar-refractivity contribution in [1.82, 2.24) is 4.31 Å². The van der Waals surface area contributed by atoms with Gasteiger partial charge in [0.1, 0.15) is 0 Å². The third kappa shape index (κ3) is 5.23. The van der Waals surface area contributed by atoms with Crippen LogP contribution < -0.4 is 0 Å². The predicted molar refractivity (Wildman–Crippen MR) is 123 cm³/mol. The summed E-state index contributed by atoms with van der Waals surface area (Å²) in [6, 6.07) is 7.17. The van der Waals surface area contributed by atoms with Crippen LogP contribution in [0.15, 0.2) is 38.9 Å². The van der Waals surface area contributed by atoms with E-state index in [1.165, 1.54) is 0 Å². The first-order valence-corrected chi connectivity index (χ1v) is 24.4. The van der Waals surface area contributed by atoms with Crippen molar-refractivity contribution in [2.24, 2.45) is 0 Å². The van der Waals surface area contributed by atoms with Gasteiger partial charge in [-0.15, -0.1) is 0 Å². The van der Waals surface area contributed by atoms with Gasteiger partial charge in [-0.1, -0.05) is 0 Å². The second-order valence-electron chi connectivity index (χ2n) is 10.4. The summed E-state index contributed by atoms with van der Waals surface area (Å²) < 4.78 is 36.4. The molecule has 28 heavy (non-hydrogen) atoms. The van der Waals surface area contributed by atoms with Crippen LogP contribution in [-0.2, 0) is 14.4 Å². The Kier molecular flexibility index (Phi) is 6.91. The molecule has 0 unspecified atom stereocenters. The van der Waals surface area contributed by atoms with Gasteiger partial charge in [-0.05, 0) is 0 Å². The molecule has 0 saturated heterocycles. The van der Waals surface area contributed by atoms with Crippen molar-refractivity contribution >= 4 is 36.7 Å². The summed E-state index contributed by atoms with van der Waals surface area (Å²) in [7, 11) is -5.55. The van der Waals surface area contributed by atoms with Gasteiger partial charge in [0, 0.05) is 0 Å². The fraction of sp³-hybridized carbons (Fsp3) is 0.619. The molecule has 1 heterocycles. The van der Waals surface area contributed by atoms with Crippen LogP contribution in [0.1, 0.15) is 32.8 Å². The second kappa shape index (κ2) is 8.08. The molecular weight excluding hydrogens is 493 g/mol. The van der Waals surface area contributed by atoms with Gasteiger partial charge in [-0.2, -0.15) is 0 Å². The average molecular weight is 530 g/mol. The van der Waals surface area contributed by atoms with E-state index in [4.69, 9.17) is 4.43 Å². The standard InChI is InChI=1S/C18H28NO3SSi.3CH3.Sn/c1-15-9-11-17(12-10-15)23(20,21)19-13-7-8-16(14-19)22-24(5,6)18(2,3)4;;;;/h7,9-12,16H,8,14H2,1-6H3;3*1H3;/t16-;;;;/m0..../s1. The van der Waals surface area contributed by atoms with Gasteiger partial charge >= 0.3 is 178 Å². The van der Waals surface area contributed by atoms with Crippen LogP contribution in [0.25, 0.3) is 0 Å². The molecule has 7 heteroatoms. The van der Waals surface area contributed by atoms with E-state index in [9.17, 15) is 8.42 Å². The van der Waals surface area contributed by atoms with Gasteiger partial charge in [0.2, 0.25) is 0 Å². The first-order chi connectivity index (χ1) is 12.6. The number of rotatable bonds is 5. The van der Waals surface area contributed by atoms with Gasteiger partial charge in [-0.25, -0.2) is 0 Å². The molecule has 0 saturated carbocycles. The third-order valence-corrected chi connectivity index (χ3v) is 18.4. The van der Waals surface area contributed by atoms with Crippen LogP contribution in [0.2, 0.25) is 33.0 Å². The minimum absolute atomic E-state index is 0.0847. The number of benzene rings is 1. The quantitative estimate of drug-likeness (QED) is 0.470. The van der Waals surface area contributed by atoms with E-state index in [0.717, 1.165) is 15.7 Å². The van der Waals surface area contributed by atoms with Gasteiger partial charge in [-0.3, -0.25) is 0 Å². The molecule has 1 atom stereocenters. The van der Waals surface area contributed by atoms with Crippen molar-refractivity contribution in [3.05, 3.63) is 39.6 Å². The molecule has 4 nitrogen and oxygen atoms in total. The summed E-state index contributed by atoms with van der Waals surface area (Å²) in [5.74, 6) is 0. The molecule has 0 spiro atoms. The Morgan fingerprint density at radius 2 is 1.64 bits per heavy atom. The SMILES string of the molecule is Cc1ccc(S(=O)(=O)N2C[C@@H](O[Si](C)(C)C(C)(C)C)CC=[C]2[Sn]([CH3])([CH3])[CH3])cc1. The zero-order chi connectivity index (χ0) is 21.5. The van der Waals surface area contributed by atoms with Crippen LogP contribution >= 0.6 is 0 Å². The predicted octanol–water partition coefficient (Wildman–Crippen LogP) is 5.54. The molecule has 0 N–H and O–H groups in total. The van der Waals surface area contributed by atoms with Crippen molar-refractivity contribution < 1.29 is 12.8 Å². The fourth-order valence-corrected chi connectivity index (χ4v) is 13.3. The van der Waals surface area contributed by atoms with Gasteiger partial charge < -0.3 is 0 Å². The molecule has 1 aromatic carbocycles. The van der Waals surface area contributed by atoms with Crippen molar-refractivity contribution in [1.29, 1.82) is 0 Å². The Bertz CT molecular complexity index is 834. The second-order valence-corrected chi connectivity index (χ2v) is 31.3. The zero-order valence-corrected chi connectivity index (χ0v) is 23.6. The van der Waals surface area contributed by atoms with Crippen LogP contribution in [0.5, 0.6) is 0 Å². The molecule has 1 aliphatic heterocycles. The molecule has 1 aliphatic rings. The van der Waals surface area contributed by atoms with E-state index in [1.807, 2.05) is 19.1 Å². The topological polar surface area (TPSA) is 46.6 Å². The molecule has 0 fully saturated rings. The number of aryl methyl sites for hydroxylation is 1. The van der Waals surface area contributed by atoms with Crippen molar-refractivity contribution in [3.8, 4) is 0 Å². The van der Waals surface area contributed by atoms with E-state index in [0.29, 0.717) is 11.4 Å². The first-order valence-electron chi connectivity index (χ1n) is 10.0. The Morgan fingerprint density at radius 1 is 1.11 bits per heavy atom. The summed E-state index contributed by atoms with van der Waals surface area (Å²) in [5, 5.41) is 0.0981. The van der Waals surface area contributed by atoms with Crippen molar-refractivity contribution in [3.63, 3.8) is 0 Å². The van der Waals surface area contributed by atoms with E-state index in [1.54, 1.807) is 16.4 Å². The van der Waals surface area contributed by atoms with E-state index in [-0.39, 0.29) is 11.1 Å². The summed E-state index contributed by atoms with van der Waals surface area (Å²) in [6.07, 6.45) is 2.87. The maximum atomic E-state index is 13.5. The number of hydrogen-bond donors (Lipinski definition) is 0. The fourth-order valence-electron chi connectivity index (χ4n) is 3.13. The Labute approximate surface area is 177 Å². The summed E-state index contributed by atoms with van der Waals surface area (Å²) >= 11 is -2.64. The van der Waals surface area contributed by atoms with E-state index in [2.05, 4.69) is 54.8 Å². The molecule has 0 aliphatic carbocycles. The zero-order valence-electron chi connectivity index (χ0n) is 19.0. The molecule has 0 amide bonds. The summed E-state index contributed by atoms with van der Waals surface area (Å²) in [6.45, 7) is 13.5. The van der Waals surface area contributed by atoms with Crippen molar-refractivity contribution in [2.75, 3.05) is 6.54 Å². The normalized spacial score (nSPS) is 19.5. The third-order valence-electron chi connectivity index (χ3n) is 5.86. The molecule has 1 aromatic rings. The Balaban J connectivity index is 2.42. The average Bonchev–Trinajstić information content (AvgIpc) is 2.52. The molecular formula is C21H37NO3SSiSn. The molecule has 158 valence electrons. The number of hydrogen-bond acceptors (Lipinski definition) is 3. The van der Waals surface area contributed by atoms with Crippen LogP contribution in [0, 0.1) is 6.92 Å². The monoisotopic (exact) mass is 531 g/mol. The van der Waals surface area contributed by atoms with Gasteiger partial charge in [0.15, 0.2) is 0 Å². The van der Waals surface area contributed by atoms with Crippen LogP contribution in [0.4, 0.5) is 0 Å². The molecule has 2 rings (SSSR count). The summed E-state index contributed by atoms with van der Waals surface area (Å²) in [5.41, 5.74) is 1.06. The van der Waals surface area contributed by atoms with E-state index < -0.39 is 36.7 Å². The number of nitrogens with zero attached hydrogens (tertiary/aromatic N) is 1. The van der Waals surface area contributed by atoms with E-state index >= 15 is 0 Å². The van der Waals surface area contributed by atoms with Crippen LogP contribution in [-0.4, -0.2) is 52.1 Å². The summed E-state index contributed by atoms with van der Waals surface area (Å²) in [4.78, 5) is 7.18. The Hall–Kier alpha value is -0.314. The molecule has 0 bridgehead atoms. The Morgan fingerprint density at radius 3 is 2.11 bits per heavy atom. The molecule has 0 aromatic heterocycles. The minimum atomic E-state index is -3.58. The maximum absolute atomic E-state index is 13.5. The number of sulfonamides is 1. The van der Waals surface area contributed by atoms with Gasteiger partial charge in [0.25, 0.3) is 0 Å². The van der Waals surface area contributed by atoms with Gasteiger partial charge in [0.05, 0.1) is 0 Å². The first kappa shape index (κ1) is 24.0. The molecule has 0 radical (unpaired) electrons.